The number of aromatic nitrogens is 3. The molecule has 3 atom stereocenters. The van der Waals surface area contributed by atoms with Gasteiger partial charge < -0.3 is 24.3 Å². The zero-order chi connectivity index (χ0) is 18.8. The summed E-state index contributed by atoms with van der Waals surface area (Å²) in [5.74, 6) is 0.140. The molecule has 8 heteroatoms. The first-order valence-electron chi connectivity index (χ1n) is 9.47. The van der Waals surface area contributed by atoms with Crippen LogP contribution in [0.5, 0.6) is 0 Å². The Balaban J connectivity index is 1.55. The van der Waals surface area contributed by atoms with Crippen LogP contribution in [0.4, 0.5) is 5.82 Å². The van der Waals surface area contributed by atoms with Crippen LogP contribution < -0.4 is 5.32 Å². The lowest BCUT2D eigenvalue weighted by Gasteiger charge is -2.43. The average Bonchev–Trinajstić information content (AvgIpc) is 3.21. The maximum Gasteiger partial charge on any atom is 0.166 e. The van der Waals surface area contributed by atoms with Gasteiger partial charge in [-0.05, 0) is 26.3 Å². The number of rotatable bonds is 3. The number of fused-ring (bicyclic) bond motifs is 3. The second-order valence-corrected chi connectivity index (χ2v) is 8.62. The third-order valence-corrected chi connectivity index (χ3v) is 5.94. The highest BCUT2D eigenvalue weighted by Crippen LogP contribution is 2.55. The minimum absolute atomic E-state index is 0.0291. The molecule has 1 spiro atoms. The standard InChI is InChI=1S/C19H26N6O2/c1-18(2)26-14-13(7-19(8-20-9-19)15(14)27-18)25-6-5-12-16(23-11-24(3)4)21-10-22-17(12)25/h5-6,10-11,13-15,20H,7-9H2,1-4H3/b23-11+/t13-,14+,15+/m1/s1. The fraction of sp³-hybridized carbons (Fsp3) is 0.632. The van der Waals surface area contributed by atoms with E-state index in [-0.39, 0.29) is 23.7 Å². The molecular weight excluding hydrogens is 344 g/mol. The molecule has 2 aromatic rings. The maximum absolute atomic E-state index is 6.35. The Morgan fingerprint density at radius 3 is 2.81 bits per heavy atom. The Morgan fingerprint density at radius 2 is 2.11 bits per heavy atom. The van der Waals surface area contributed by atoms with Gasteiger partial charge in [0, 0.05) is 38.8 Å². The van der Waals surface area contributed by atoms with E-state index in [1.807, 2.05) is 32.8 Å². The number of ether oxygens (including phenoxy) is 2. The van der Waals surface area contributed by atoms with Gasteiger partial charge in [0.25, 0.3) is 0 Å². The van der Waals surface area contributed by atoms with Crippen molar-refractivity contribution < 1.29 is 9.47 Å². The van der Waals surface area contributed by atoms with Crippen molar-refractivity contribution in [3.8, 4) is 0 Å². The zero-order valence-electron chi connectivity index (χ0n) is 16.2. The Labute approximate surface area is 158 Å². The van der Waals surface area contributed by atoms with Crippen molar-refractivity contribution in [2.45, 2.75) is 44.3 Å². The molecule has 0 amide bonds. The van der Waals surface area contributed by atoms with Crippen LogP contribution in [0.2, 0.25) is 0 Å². The van der Waals surface area contributed by atoms with E-state index in [4.69, 9.17) is 9.47 Å². The lowest BCUT2D eigenvalue weighted by molar-refractivity contribution is -0.173. The molecule has 0 radical (unpaired) electrons. The van der Waals surface area contributed by atoms with Crippen molar-refractivity contribution >= 4 is 23.2 Å². The van der Waals surface area contributed by atoms with E-state index in [1.165, 1.54) is 0 Å². The third-order valence-electron chi connectivity index (χ3n) is 5.94. The van der Waals surface area contributed by atoms with Crippen molar-refractivity contribution in [2.24, 2.45) is 10.4 Å². The summed E-state index contributed by atoms with van der Waals surface area (Å²) in [6, 6.07) is 2.24. The summed E-state index contributed by atoms with van der Waals surface area (Å²) in [6.07, 6.45) is 6.61. The number of nitrogens with one attached hydrogen (secondary N) is 1. The molecule has 1 saturated carbocycles. The Bertz CT molecular complexity index is 901. The van der Waals surface area contributed by atoms with Gasteiger partial charge >= 0.3 is 0 Å². The quantitative estimate of drug-likeness (QED) is 0.655. The normalized spacial score (nSPS) is 30.9. The van der Waals surface area contributed by atoms with Gasteiger partial charge in [0.15, 0.2) is 11.6 Å². The molecule has 0 aromatic carbocycles. The third kappa shape index (κ3) is 2.58. The number of aliphatic imine (C=N–C) groups is 1. The lowest BCUT2D eigenvalue weighted by Crippen LogP contribution is -2.58. The van der Waals surface area contributed by atoms with Gasteiger partial charge in [-0.15, -0.1) is 0 Å². The summed E-state index contributed by atoms with van der Waals surface area (Å²) >= 11 is 0. The minimum atomic E-state index is -0.546. The summed E-state index contributed by atoms with van der Waals surface area (Å²) in [5, 5.41) is 4.39. The summed E-state index contributed by atoms with van der Waals surface area (Å²) in [6.45, 7) is 5.98. The van der Waals surface area contributed by atoms with E-state index in [9.17, 15) is 0 Å². The predicted octanol–water partition coefficient (Wildman–Crippen LogP) is 1.71. The molecule has 3 fully saturated rings. The zero-order valence-corrected chi connectivity index (χ0v) is 16.2. The van der Waals surface area contributed by atoms with E-state index in [2.05, 4.69) is 37.1 Å². The lowest BCUT2D eigenvalue weighted by atomic mass is 9.78. The first kappa shape index (κ1) is 17.1. The van der Waals surface area contributed by atoms with Gasteiger partial charge in [-0.2, -0.15) is 0 Å². The summed E-state index contributed by atoms with van der Waals surface area (Å²) < 4.78 is 14.9. The fourth-order valence-electron chi connectivity index (χ4n) is 4.74. The van der Waals surface area contributed by atoms with Gasteiger partial charge in [0.05, 0.1) is 23.9 Å². The maximum atomic E-state index is 6.35. The molecule has 2 aliphatic heterocycles. The Hall–Kier alpha value is -2.03. The highest BCUT2D eigenvalue weighted by atomic mass is 16.8. The Kier molecular flexibility index (Phi) is 3.63. The van der Waals surface area contributed by atoms with Crippen LogP contribution in [0.3, 0.4) is 0 Å². The van der Waals surface area contributed by atoms with Crippen LogP contribution in [0.15, 0.2) is 23.6 Å². The molecule has 3 aliphatic rings. The molecule has 27 heavy (non-hydrogen) atoms. The van der Waals surface area contributed by atoms with Crippen LogP contribution in [-0.4, -0.2) is 71.0 Å². The second-order valence-electron chi connectivity index (χ2n) is 8.62. The second kappa shape index (κ2) is 5.73. The van der Waals surface area contributed by atoms with Crippen LogP contribution in [-0.2, 0) is 9.47 Å². The molecule has 144 valence electrons. The van der Waals surface area contributed by atoms with Crippen molar-refractivity contribution in [3.05, 3.63) is 18.6 Å². The van der Waals surface area contributed by atoms with E-state index >= 15 is 0 Å². The molecule has 2 aromatic heterocycles. The number of nitrogens with zero attached hydrogens (tertiary/aromatic N) is 5. The molecule has 2 saturated heterocycles. The summed E-state index contributed by atoms with van der Waals surface area (Å²) in [7, 11) is 3.88. The largest absolute Gasteiger partial charge is 0.369 e. The molecule has 0 unspecified atom stereocenters. The van der Waals surface area contributed by atoms with Crippen LogP contribution >= 0.6 is 0 Å². The van der Waals surface area contributed by atoms with Gasteiger partial charge in [0.2, 0.25) is 0 Å². The number of hydrogen-bond donors (Lipinski definition) is 1. The molecule has 1 N–H and O–H groups in total. The van der Waals surface area contributed by atoms with Crippen molar-refractivity contribution in [1.82, 2.24) is 24.8 Å². The minimum Gasteiger partial charge on any atom is -0.369 e. The molecule has 1 aliphatic carbocycles. The highest BCUT2D eigenvalue weighted by molar-refractivity contribution is 5.87. The van der Waals surface area contributed by atoms with Crippen LogP contribution in [0, 0.1) is 5.41 Å². The van der Waals surface area contributed by atoms with Crippen LogP contribution in [0.1, 0.15) is 26.3 Å². The molecular formula is C19H26N6O2. The first-order valence-corrected chi connectivity index (χ1v) is 9.47. The monoisotopic (exact) mass is 370 g/mol. The molecule has 8 nitrogen and oxygen atoms in total. The predicted molar refractivity (Wildman–Crippen MR) is 102 cm³/mol. The van der Waals surface area contributed by atoms with E-state index in [1.54, 1.807) is 12.7 Å². The molecule has 4 heterocycles. The van der Waals surface area contributed by atoms with Gasteiger partial charge in [-0.1, -0.05) is 0 Å². The van der Waals surface area contributed by atoms with Crippen molar-refractivity contribution in [3.63, 3.8) is 0 Å². The average molecular weight is 370 g/mol. The van der Waals surface area contributed by atoms with Crippen molar-refractivity contribution in [1.29, 1.82) is 0 Å². The molecule has 0 bridgehead atoms. The van der Waals surface area contributed by atoms with Crippen LogP contribution in [0.25, 0.3) is 11.0 Å². The first-order chi connectivity index (χ1) is 12.9. The van der Waals surface area contributed by atoms with Gasteiger partial charge in [0.1, 0.15) is 18.1 Å². The number of hydrogen-bond acceptors (Lipinski definition) is 6. The summed E-state index contributed by atoms with van der Waals surface area (Å²) in [5.41, 5.74) is 1.05. The van der Waals surface area contributed by atoms with Gasteiger partial charge in [-0.25, -0.2) is 15.0 Å². The van der Waals surface area contributed by atoms with E-state index in [0.29, 0.717) is 5.82 Å². The summed E-state index contributed by atoms with van der Waals surface area (Å²) in [4.78, 5) is 15.3. The van der Waals surface area contributed by atoms with E-state index < -0.39 is 5.79 Å². The SMILES string of the molecule is CN(C)/C=N/c1ncnc2c1ccn2[C@@H]1CC2(CNC2)[C@H]2OC(C)(C)O[C@@H]12. The molecule has 5 rings (SSSR count). The fourth-order valence-corrected chi connectivity index (χ4v) is 4.74. The smallest absolute Gasteiger partial charge is 0.166 e. The topological polar surface area (TPSA) is 76.8 Å². The van der Waals surface area contributed by atoms with Gasteiger partial charge in [-0.3, -0.25) is 0 Å². The Morgan fingerprint density at radius 1 is 1.30 bits per heavy atom. The van der Waals surface area contributed by atoms with E-state index in [0.717, 1.165) is 30.5 Å². The van der Waals surface area contributed by atoms with Crippen molar-refractivity contribution in [2.75, 3.05) is 27.2 Å². The highest BCUT2D eigenvalue weighted by Gasteiger charge is 2.63.